The second-order valence-electron chi connectivity index (χ2n) is 7.25. The van der Waals surface area contributed by atoms with Gasteiger partial charge in [0.15, 0.2) is 6.61 Å². The standard InChI is InChI=1S/C19H26N2O2S2.ClH/c20-17-7-4-14-10-21(11-16(14)17)18(22)12-23-15-5-2-13(3-6-15)19-24-8-1-9-25-19;/h2-3,5-6,14,16-17,19H,1,4,7-12,20H2;1H. The molecule has 1 amide bonds. The first-order valence-corrected chi connectivity index (χ1v) is 11.3. The van der Waals surface area contributed by atoms with Gasteiger partial charge in [-0.15, -0.1) is 35.9 Å². The Morgan fingerprint density at radius 2 is 1.88 bits per heavy atom. The molecule has 4 rings (SSSR count). The summed E-state index contributed by atoms with van der Waals surface area (Å²) in [6, 6.07) is 8.52. The number of halogens is 1. The third-order valence-corrected chi connectivity index (χ3v) is 8.62. The molecule has 7 heteroatoms. The Hall–Kier alpha value is -0.560. The Labute approximate surface area is 170 Å². The molecule has 3 unspecified atom stereocenters. The van der Waals surface area contributed by atoms with Gasteiger partial charge in [0, 0.05) is 19.1 Å². The number of carbonyl (C=O) groups is 1. The van der Waals surface area contributed by atoms with Crippen LogP contribution < -0.4 is 10.5 Å². The normalized spacial score (nSPS) is 28.5. The van der Waals surface area contributed by atoms with Crippen LogP contribution in [0.5, 0.6) is 5.75 Å². The molecule has 3 atom stereocenters. The van der Waals surface area contributed by atoms with E-state index < -0.39 is 0 Å². The smallest absolute Gasteiger partial charge is 0.260 e. The summed E-state index contributed by atoms with van der Waals surface area (Å²) in [5.41, 5.74) is 7.49. The molecule has 144 valence electrons. The second kappa shape index (κ2) is 9.09. The number of rotatable bonds is 4. The van der Waals surface area contributed by atoms with Crippen LogP contribution in [0.1, 0.15) is 29.4 Å². The molecule has 3 aliphatic rings. The number of carbonyl (C=O) groups excluding carboxylic acids is 1. The third kappa shape index (κ3) is 4.46. The summed E-state index contributed by atoms with van der Waals surface area (Å²) < 4.78 is 6.27. The molecule has 2 N–H and O–H groups in total. The minimum Gasteiger partial charge on any atom is -0.484 e. The average molecular weight is 415 g/mol. The van der Waals surface area contributed by atoms with Crippen molar-refractivity contribution in [1.29, 1.82) is 0 Å². The molecule has 1 aromatic carbocycles. The molecule has 2 heterocycles. The highest BCUT2D eigenvalue weighted by Crippen LogP contribution is 2.43. The van der Waals surface area contributed by atoms with Crippen molar-refractivity contribution < 1.29 is 9.53 Å². The van der Waals surface area contributed by atoms with Gasteiger partial charge in [-0.2, -0.15) is 0 Å². The molecular formula is C19H27ClN2O2S2. The Morgan fingerprint density at radius 3 is 2.58 bits per heavy atom. The maximum absolute atomic E-state index is 12.4. The number of thioether (sulfide) groups is 2. The van der Waals surface area contributed by atoms with E-state index in [0.29, 0.717) is 16.4 Å². The van der Waals surface area contributed by atoms with Gasteiger partial charge in [-0.05, 0) is 60.3 Å². The van der Waals surface area contributed by atoms with Crippen LogP contribution in [0.15, 0.2) is 24.3 Å². The zero-order valence-electron chi connectivity index (χ0n) is 14.8. The first-order chi connectivity index (χ1) is 12.2. The maximum atomic E-state index is 12.4. The van der Waals surface area contributed by atoms with Crippen LogP contribution in [0, 0.1) is 11.8 Å². The molecule has 0 bridgehead atoms. The van der Waals surface area contributed by atoms with E-state index in [2.05, 4.69) is 12.1 Å². The van der Waals surface area contributed by atoms with E-state index in [4.69, 9.17) is 10.5 Å². The molecule has 0 aromatic heterocycles. The van der Waals surface area contributed by atoms with Gasteiger partial charge in [-0.1, -0.05) is 12.1 Å². The number of fused-ring (bicyclic) bond motifs is 1. The molecular weight excluding hydrogens is 388 g/mol. The maximum Gasteiger partial charge on any atom is 0.260 e. The fraction of sp³-hybridized carbons (Fsp3) is 0.632. The molecule has 1 saturated carbocycles. The Bertz CT molecular complexity index is 610. The van der Waals surface area contributed by atoms with E-state index in [9.17, 15) is 4.79 Å². The van der Waals surface area contributed by atoms with E-state index in [0.717, 1.165) is 31.7 Å². The number of hydrogen-bond donors (Lipinski definition) is 1. The Balaban J connectivity index is 0.00000196. The number of benzene rings is 1. The van der Waals surface area contributed by atoms with Gasteiger partial charge >= 0.3 is 0 Å². The fourth-order valence-corrected chi connectivity index (χ4v) is 7.04. The monoisotopic (exact) mass is 414 g/mol. The third-order valence-electron chi connectivity index (χ3n) is 5.61. The molecule has 0 radical (unpaired) electrons. The summed E-state index contributed by atoms with van der Waals surface area (Å²) in [5, 5.41) is 0. The predicted molar refractivity (Wildman–Crippen MR) is 112 cm³/mol. The molecule has 1 aromatic rings. The van der Waals surface area contributed by atoms with Crippen molar-refractivity contribution in [2.24, 2.45) is 17.6 Å². The zero-order valence-corrected chi connectivity index (χ0v) is 17.3. The van der Waals surface area contributed by atoms with Crippen molar-refractivity contribution in [3.05, 3.63) is 29.8 Å². The predicted octanol–water partition coefficient (Wildman–Crippen LogP) is 3.55. The topological polar surface area (TPSA) is 55.6 Å². The van der Waals surface area contributed by atoms with Crippen molar-refractivity contribution in [2.45, 2.75) is 29.9 Å². The molecule has 3 fully saturated rings. The van der Waals surface area contributed by atoms with E-state index in [1.807, 2.05) is 40.6 Å². The molecule has 1 aliphatic carbocycles. The lowest BCUT2D eigenvalue weighted by Crippen LogP contribution is -2.36. The largest absolute Gasteiger partial charge is 0.484 e. The van der Waals surface area contributed by atoms with Crippen molar-refractivity contribution in [1.82, 2.24) is 4.90 Å². The van der Waals surface area contributed by atoms with Gasteiger partial charge in [0.05, 0.1) is 4.58 Å². The van der Waals surface area contributed by atoms with E-state index in [-0.39, 0.29) is 31.0 Å². The number of nitrogens with zero attached hydrogens (tertiary/aromatic N) is 1. The van der Waals surface area contributed by atoms with Gasteiger partial charge in [-0.25, -0.2) is 0 Å². The summed E-state index contributed by atoms with van der Waals surface area (Å²) in [4.78, 5) is 14.4. The summed E-state index contributed by atoms with van der Waals surface area (Å²) in [5.74, 6) is 4.44. The Kier molecular flexibility index (Phi) is 7.05. The van der Waals surface area contributed by atoms with Crippen LogP contribution in [0.3, 0.4) is 0 Å². The average Bonchev–Trinajstić information content (AvgIpc) is 3.23. The minimum absolute atomic E-state index is 0. The molecule has 2 saturated heterocycles. The van der Waals surface area contributed by atoms with E-state index >= 15 is 0 Å². The zero-order chi connectivity index (χ0) is 17.2. The first kappa shape index (κ1) is 20.2. The lowest BCUT2D eigenvalue weighted by atomic mass is 9.98. The lowest BCUT2D eigenvalue weighted by Gasteiger charge is -2.21. The van der Waals surface area contributed by atoms with Crippen molar-refractivity contribution >= 4 is 41.8 Å². The van der Waals surface area contributed by atoms with Crippen LogP contribution in [-0.4, -0.2) is 48.1 Å². The summed E-state index contributed by atoms with van der Waals surface area (Å²) in [6.45, 7) is 1.79. The van der Waals surface area contributed by atoms with Gasteiger partial charge in [-0.3, -0.25) is 4.79 Å². The van der Waals surface area contributed by atoms with Gasteiger partial charge < -0.3 is 15.4 Å². The number of likely N-dealkylation sites (tertiary alicyclic amines) is 1. The molecule has 26 heavy (non-hydrogen) atoms. The van der Waals surface area contributed by atoms with E-state index in [1.165, 1.54) is 23.5 Å². The highest BCUT2D eigenvalue weighted by Gasteiger charge is 2.42. The van der Waals surface area contributed by atoms with Crippen LogP contribution >= 0.6 is 35.9 Å². The number of ether oxygens (including phenoxy) is 1. The van der Waals surface area contributed by atoms with E-state index in [1.54, 1.807) is 0 Å². The van der Waals surface area contributed by atoms with Crippen molar-refractivity contribution in [3.8, 4) is 5.75 Å². The highest BCUT2D eigenvalue weighted by molar-refractivity contribution is 8.16. The van der Waals surface area contributed by atoms with Crippen LogP contribution in [0.4, 0.5) is 0 Å². The second-order valence-corrected chi connectivity index (χ2v) is 9.97. The summed E-state index contributed by atoms with van der Waals surface area (Å²) in [6.07, 6.45) is 3.57. The van der Waals surface area contributed by atoms with Gasteiger partial charge in [0.25, 0.3) is 5.91 Å². The van der Waals surface area contributed by atoms with Gasteiger partial charge in [0.2, 0.25) is 0 Å². The first-order valence-electron chi connectivity index (χ1n) is 9.20. The fourth-order valence-electron chi connectivity index (χ4n) is 4.15. The van der Waals surface area contributed by atoms with Gasteiger partial charge in [0.1, 0.15) is 5.75 Å². The SMILES string of the molecule is Cl.NC1CCC2CN(C(=O)COc3ccc(C4SCCCS4)cc3)CC12. The molecule has 0 spiro atoms. The number of hydrogen-bond acceptors (Lipinski definition) is 5. The quantitative estimate of drug-likeness (QED) is 0.816. The van der Waals surface area contributed by atoms with Crippen LogP contribution in [-0.2, 0) is 4.79 Å². The minimum atomic E-state index is 0. The summed E-state index contributed by atoms with van der Waals surface area (Å²) >= 11 is 4.03. The lowest BCUT2D eigenvalue weighted by molar-refractivity contribution is -0.132. The molecule has 4 nitrogen and oxygen atoms in total. The van der Waals surface area contributed by atoms with Crippen LogP contribution in [0.2, 0.25) is 0 Å². The summed E-state index contributed by atoms with van der Waals surface area (Å²) in [7, 11) is 0. The number of amides is 1. The van der Waals surface area contributed by atoms with Crippen molar-refractivity contribution in [2.75, 3.05) is 31.2 Å². The molecule has 2 aliphatic heterocycles. The van der Waals surface area contributed by atoms with Crippen molar-refractivity contribution in [3.63, 3.8) is 0 Å². The Morgan fingerprint density at radius 1 is 1.15 bits per heavy atom. The number of nitrogens with two attached hydrogens (primary N) is 1. The van der Waals surface area contributed by atoms with Crippen LogP contribution in [0.25, 0.3) is 0 Å². The highest BCUT2D eigenvalue weighted by atomic mass is 35.5.